The smallest absolute Gasteiger partial charge is 0.221 e. The summed E-state index contributed by atoms with van der Waals surface area (Å²) >= 11 is 0. The van der Waals surface area contributed by atoms with Gasteiger partial charge in [-0.3, -0.25) is 0 Å². The summed E-state index contributed by atoms with van der Waals surface area (Å²) in [5.41, 5.74) is 3.42. The molecule has 94 valence electrons. The average Bonchev–Trinajstić information content (AvgIpc) is 2.35. The molecule has 1 aliphatic carbocycles. The summed E-state index contributed by atoms with van der Waals surface area (Å²) in [5, 5.41) is 0. The molecule has 1 aromatic rings. The molecular formula is C12H20N4O. The fourth-order valence-electron chi connectivity index (χ4n) is 2.20. The van der Waals surface area contributed by atoms with Gasteiger partial charge in [-0.25, -0.2) is 15.8 Å². The molecule has 1 aliphatic rings. The summed E-state index contributed by atoms with van der Waals surface area (Å²) in [6, 6.07) is 0. The molecule has 2 rings (SSSR count). The van der Waals surface area contributed by atoms with Crippen LogP contribution >= 0.6 is 0 Å². The lowest BCUT2D eigenvalue weighted by molar-refractivity contribution is 0.129. The lowest BCUT2D eigenvalue weighted by atomic mass is 9.89. The Morgan fingerprint density at radius 2 is 2.00 bits per heavy atom. The van der Waals surface area contributed by atoms with E-state index in [2.05, 4.69) is 22.3 Å². The van der Waals surface area contributed by atoms with Crippen molar-refractivity contribution in [1.29, 1.82) is 0 Å². The van der Waals surface area contributed by atoms with Gasteiger partial charge in [0.05, 0.1) is 5.56 Å². The van der Waals surface area contributed by atoms with Crippen molar-refractivity contribution in [3.8, 4) is 5.88 Å². The summed E-state index contributed by atoms with van der Waals surface area (Å²) in [4.78, 5) is 8.21. The molecule has 3 N–H and O–H groups in total. The molecular weight excluding hydrogens is 216 g/mol. The second-order valence-electron chi connectivity index (χ2n) is 4.80. The molecule has 0 unspecified atom stereocenters. The van der Waals surface area contributed by atoms with E-state index in [1.54, 1.807) is 0 Å². The number of nitrogens with one attached hydrogen (secondary N) is 1. The number of nitrogens with zero attached hydrogens (tertiary/aromatic N) is 2. The largest absolute Gasteiger partial charge is 0.474 e. The van der Waals surface area contributed by atoms with Crippen molar-refractivity contribution in [2.45, 2.75) is 45.6 Å². The van der Waals surface area contributed by atoms with Crippen LogP contribution in [0.3, 0.4) is 0 Å². The van der Waals surface area contributed by atoms with E-state index in [1.165, 1.54) is 19.2 Å². The molecule has 17 heavy (non-hydrogen) atoms. The van der Waals surface area contributed by atoms with Crippen molar-refractivity contribution >= 4 is 5.82 Å². The van der Waals surface area contributed by atoms with Crippen molar-refractivity contribution < 1.29 is 4.74 Å². The first kappa shape index (κ1) is 12.1. The molecule has 0 spiro atoms. The van der Waals surface area contributed by atoms with Gasteiger partial charge in [0.15, 0.2) is 0 Å². The second-order valence-corrected chi connectivity index (χ2v) is 4.80. The maximum Gasteiger partial charge on any atom is 0.221 e. The van der Waals surface area contributed by atoms with Crippen LogP contribution in [-0.4, -0.2) is 16.1 Å². The first-order chi connectivity index (χ1) is 8.20. The molecule has 0 saturated heterocycles. The third kappa shape index (κ3) is 2.85. The molecule has 5 heteroatoms. The van der Waals surface area contributed by atoms with Crippen molar-refractivity contribution in [1.82, 2.24) is 9.97 Å². The fourth-order valence-corrected chi connectivity index (χ4v) is 2.20. The standard InChI is InChI=1S/C12H20N4O/c1-8-3-5-10(6-4-8)17-12-9(2)11(16-13)14-7-15-12/h7-8,10H,3-6,13H2,1-2H3,(H,14,15,16). The number of ether oxygens (including phenoxy) is 1. The predicted molar refractivity (Wildman–Crippen MR) is 66.6 cm³/mol. The lowest BCUT2D eigenvalue weighted by Crippen LogP contribution is -2.24. The summed E-state index contributed by atoms with van der Waals surface area (Å²) in [6.07, 6.45) is 6.44. The quantitative estimate of drug-likeness (QED) is 0.620. The van der Waals surface area contributed by atoms with Crippen LogP contribution in [0.2, 0.25) is 0 Å². The number of anilines is 1. The van der Waals surface area contributed by atoms with Crippen LogP contribution in [0.1, 0.15) is 38.2 Å². The zero-order valence-corrected chi connectivity index (χ0v) is 10.4. The Morgan fingerprint density at radius 1 is 1.29 bits per heavy atom. The highest BCUT2D eigenvalue weighted by Gasteiger charge is 2.21. The van der Waals surface area contributed by atoms with Gasteiger partial charge in [0, 0.05) is 0 Å². The summed E-state index contributed by atoms with van der Waals surface area (Å²) in [7, 11) is 0. The number of nitrogens with two attached hydrogens (primary N) is 1. The van der Waals surface area contributed by atoms with Crippen LogP contribution in [0.5, 0.6) is 5.88 Å². The molecule has 1 saturated carbocycles. The minimum absolute atomic E-state index is 0.283. The topological polar surface area (TPSA) is 73.1 Å². The highest BCUT2D eigenvalue weighted by atomic mass is 16.5. The molecule has 1 aromatic heterocycles. The highest BCUT2D eigenvalue weighted by molar-refractivity contribution is 5.46. The number of hydrazine groups is 1. The number of aromatic nitrogens is 2. The molecule has 5 nitrogen and oxygen atoms in total. The number of rotatable bonds is 3. The summed E-state index contributed by atoms with van der Waals surface area (Å²) < 4.78 is 5.93. The Labute approximate surface area is 102 Å². The van der Waals surface area contributed by atoms with Gasteiger partial charge in [-0.15, -0.1) is 0 Å². The Hall–Kier alpha value is -1.36. The third-order valence-corrected chi connectivity index (χ3v) is 3.42. The van der Waals surface area contributed by atoms with Crippen LogP contribution in [0.15, 0.2) is 6.33 Å². The average molecular weight is 236 g/mol. The highest BCUT2D eigenvalue weighted by Crippen LogP contribution is 2.28. The Kier molecular flexibility index (Phi) is 3.78. The van der Waals surface area contributed by atoms with Crippen LogP contribution in [-0.2, 0) is 0 Å². The first-order valence-corrected chi connectivity index (χ1v) is 6.15. The van der Waals surface area contributed by atoms with E-state index in [0.29, 0.717) is 11.7 Å². The van der Waals surface area contributed by atoms with Gasteiger partial charge in [-0.1, -0.05) is 6.92 Å². The number of hydrogen-bond donors (Lipinski definition) is 2. The maximum atomic E-state index is 5.93. The molecule has 0 atom stereocenters. The third-order valence-electron chi connectivity index (χ3n) is 3.42. The van der Waals surface area contributed by atoms with Gasteiger partial charge >= 0.3 is 0 Å². The van der Waals surface area contributed by atoms with Crippen LogP contribution in [0.4, 0.5) is 5.82 Å². The van der Waals surface area contributed by atoms with Crippen molar-refractivity contribution in [2.75, 3.05) is 5.43 Å². The van der Waals surface area contributed by atoms with Gasteiger partial charge < -0.3 is 10.2 Å². The summed E-state index contributed by atoms with van der Waals surface area (Å²) in [6.45, 7) is 4.21. The zero-order valence-electron chi connectivity index (χ0n) is 10.4. The second kappa shape index (κ2) is 5.31. The summed E-state index contributed by atoms with van der Waals surface area (Å²) in [5.74, 6) is 7.47. The van der Waals surface area contributed by atoms with Crippen molar-refractivity contribution in [3.63, 3.8) is 0 Å². The van der Waals surface area contributed by atoms with E-state index < -0.39 is 0 Å². The minimum Gasteiger partial charge on any atom is -0.474 e. The normalized spacial score (nSPS) is 24.4. The fraction of sp³-hybridized carbons (Fsp3) is 0.667. The number of hydrogen-bond acceptors (Lipinski definition) is 5. The maximum absolute atomic E-state index is 5.93. The molecule has 0 aromatic carbocycles. The van der Waals surface area contributed by atoms with E-state index >= 15 is 0 Å². The van der Waals surface area contributed by atoms with E-state index in [0.717, 1.165) is 24.3 Å². The molecule has 0 bridgehead atoms. The van der Waals surface area contributed by atoms with Gasteiger partial charge in [-0.2, -0.15) is 0 Å². The van der Waals surface area contributed by atoms with Crippen LogP contribution < -0.4 is 16.0 Å². The van der Waals surface area contributed by atoms with Crippen LogP contribution in [0.25, 0.3) is 0 Å². The first-order valence-electron chi connectivity index (χ1n) is 6.15. The molecule has 0 amide bonds. The Balaban J connectivity index is 2.03. The van der Waals surface area contributed by atoms with Gasteiger partial charge in [0.2, 0.25) is 5.88 Å². The molecule has 0 aliphatic heterocycles. The van der Waals surface area contributed by atoms with Crippen molar-refractivity contribution in [2.24, 2.45) is 11.8 Å². The predicted octanol–water partition coefficient (Wildman–Crippen LogP) is 2.03. The zero-order chi connectivity index (χ0) is 12.3. The van der Waals surface area contributed by atoms with Gasteiger partial charge in [-0.05, 0) is 38.5 Å². The Morgan fingerprint density at radius 3 is 2.65 bits per heavy atom. The van der Waals surface area contributed by atoms with E-state index in [1.807, 2.05) is 6.92 Å². The van der Waals surface area contributed by atoms with E-state index in [-0.39, 0.29) is 6.10 Å². The molecule has 1 fully saturated rings. The van der Waals surface area contributed by atoms with E-state index in [9.17, 15) is 0 Å². The Bertz CT molecular complexity index is 375. The van der Waals surface area contributed by atoms with Gasteiger partial charge in [0.1, 0.15) is 18.2 Å². The SMILES string of the molecule is Cc1c(NN)ncnc1OC1CCC(C)CC1. The molecule has 1 heterocycles. The molecule has 0 radical (unpaired) electrons. The number of nitrogen functional groups attached to an aromatic ring is 1. The lowest BCUT2D eigenvalue weighted by Gasteiger charge is -2.26. The van der Waals surface area contributed by atoms with Crippen molar-refractivity contribution in [3.05, 3.63) is 11.9 Å². The minimum atomic E-state index is 0.283. The van der Waals surface area contributed by atoms with Crippen LogP contribution in [0, 0.1) is 12.8 Å². The monoisotopic (exact) mass is 236 g/mol. The van der Waals surface area contributed by atoms with E-state index in [4.69, 9.17) is 10.6 Å². The van der Waals surface area contributed by atoms with Gasteiger partial charge in [0.25, 0.3) is 0 Å².